The first-order valence-electron chi connectivity index (χ1n) is 15.1. The van der Waals surface area contributed by atoms with Crippen molar-refractivity contribution in [3.8, 4) is 17.2 Å². The molecule has 0 bridgehead atoms. The van der Waals surface area contributed by atoms with Crippen LogP contribution in [0.25, 0.3) is 16.6 Å². The Morgan fingerprint density at radius 3 is 2.36 bits per heavy atom. The zero-order valence-corrected chi connectivity index (χ0v) is 27.2. The molecule has 10 nitrogen and oxygen atoms in total. The maximum atomic E-state index is 15.5. The van der Waals surface area contributed by atoms with Gasteiger partial charge in [0.1, 0.15) is 29.4 Å². The number of methoxy groups -OCH3 is 2. The van der Waals surface area contributed by atoms with Gasteiger partial charge >= 0.3 is 0 Å². The number of hydrogen-bond donors (Lipinski definition) is 0. The van der Waals surface area contributed by atoms with E-state index < -0.39 is 21.4 Å². The van der Waals surface area contributed by atoms with Crippen LogP contribution in [0, 0.1) is 11.7 Å². The minimum absolute atomic E-state index is 0.0279. The average molecular weight is 660 g/mol. The Labute approximate surface area is 271 Å². The Kier molecular flexibility index (Phi) is 8.63. The molecule has 0 saturated heterocycles. The van der Waals surface area contributed by atoms with Crippen molar-refractivity contribution in [3.63, 3.8) is 0 Å². The van der Waals surface area contributed by atoms with Crippen LogP contribution in [0.1, 0.15) is 49.3 Å². The first-order chi connectivity index (χ1) is 22.5. The highest BCUT2D eigenvalue weighted by Crippen LogP contribution is 2.39. The highest BCUT2D eigenvalue weighted by molar-refractivity contribution is 7.92. The van der Waals surface area contributed by atoms with Gasteiger partial charge in [-0.3, -0.25) is 14.2 Å². The van der Waals surface area contributed by atoms with E-state index in [-0.39, 0.29) is 59.2 Å². The number of ketones is 1. The molecule has 1 aliphatic rings. The molecule has 47 heavy (non-hydrogen) atoms. The van der Waals surface area contributed by atoms with Crippen LogP contribution >= 0.6 is 0 Å². The first-order valence-corrected chi connectivity index (χ1v) is 16.6. The van der Waals surface area contributed by atoms with E-state index in [0.29, 0.717) is 39.8 Å². The summed E-state index contributed by atoms with van der Waals surface area (Å²) in [7, 11) is -1.24. The van der Waals surface area contributed by atoms with Crippen LogP contribution in [0.5, 0.6) is 11.5 Å². The van der Waals surface area contributed by atoms with Gasteiger partial charge in [0.2, 0.25) is 0 Å². The third-order valence-electron chi connectivity index (χ3n) is 8.38. The molecule has 12 heteroatoms. The van der Waals surface area contributed by atoms with Gasteiger partial charge in [0, 0.05) is 42.3 Å². The van der Waals surface area contributed by atoms with Gasteiger partial charge in [0.05, 0.1) is 36.9 Å². The zero-order valence-electron chi connectivity index (χ0n) is 26.4. The van der Waals surface area contributed by atoms with E-state index in [2.05, 4.69) is 5.16 Å². The lowest BCUT2D eigenvalue weighted by Gasteiger charge is -2.26. The molecule has 0 radical (unpaired) electrons. The van der Waals surface area contributed by atoms with E-state index in [4.69, 9.17) is 14.0 Å². The number of ether oxygens (including phenoxy) is 2. The molecule has 2 heterocycles. The largest absolute Gasteiger partial charge is 0.497 e. The number of aromatic nitrogens is 2. The second-order valence-electron chi connectivity index (χ2n) is 12.0. The monoisotopic (exact) mass is 659 g/mol. The predicted octanol–water partition coefficient (Wildman–Crippen LogP) is 6.18. The number of halogens is 1. The molecule has 0 aliphatic heterocycles. The molecule has 0 N–H and O–H groups in total. The molecule has 1 fully saturated rings. The van der Waals surface area contributed by atoms with Gasteiger partial charge < -0.3 is 14.0 Å². The highest BCUT2D eigenvalue weighted by atomic mass is 32.2. The number of carbonyl (C=O) groups excluding carboxylic acids is 1. The van der Waals surface area contributed by atoms with Crippen molar-refractivity contribution in [1.82, 2.24) is 9.72 Å². The molecule has 2 aromatic heterocycles. The van der Waals surface area contributed by atoms with Crippen molar-refractivity contribution in [1.29, 1.82) is 0 Å². The lowest BCUT2D eigenvalue weighted by Crippen LogP contribution is -2.31. The molecule has 244 valence electrons. The lowest BCUT2D eigenvalue weighted by atomic mass is 9.78. The predicted molar refractivity (Wildman–Crippen MR) is 174 cm³/mol. The van der Waals surface area contributed by atoms with Crippen LogP contribution in [-0.4, -0.2) is 38.1 Å². The Bertz CT molecular complexity index is 2120. The van der Waals surface area contributed by atoms with Crippen LogP contribution in [0.3, 0.4) is 0 Å². The molecule has 6 rings (SSSR count). The molecule has 5 aromatic rings. The Morgan fingerprint density at radius 1 is 1.00 bits per heavy atom. The van der Waals surface area contributed by atoms with E-state index in [1.807, 2.05) is 13.8 Å². The van der Waals surface area contributed by atoms with Crippen LogP contribution in [0.2, 0.25) is 0 Å². The molecular weight excluding hydrogens is 625 g/mol. The summed E-state index contributed by atoms with van der Waals surface area (Å²) >= 11 is 0. The number of sulfonamides is 1. The fraction of sp³-hybridized carbons (Fsp3) is 0.286. The van der Waals surface area contributed by atoms with E-state index in [0.717, 1.165) is 4.31 Å². The summed E-state index contributed by atoms with van der Waals surface area (Å²) in [4.78, 5) is 25.3. The van der Waals surface area contributed by atoms with Crippen molar-refractivity contribution in [2.75, 3.05) is 18.5 Å². The van der Waals surface area contributed by atoms with Crippen molar-refractivity contribution in [2.45, 2.75) is 50.5 Å². The minimum Gasteiger partial charge on any atom is -0.497 e. The molecule has 1 aliphatic carbocycles. The van der Waals surface area contributed by atoms with Crippen molar-refractivity contribution >= 4 is 32.5 Å². The summed E-state index contributed by atoms with van der Waals surface area (Å²) in [6.07, 6.45) is 2.31. The average Bonchev–Trinajstić information content (AvgIpc) is 3.57. The summed E-state index contributed by atoms with van der Waals surface area (Å²) in [6.45, 7) is 3.97. The maximum absolute atomic E-state index is 15.5. The van der Waals surface area contributed by atoms with Gasteiger partial charge in [-0.2, -0.15) is 0 Å². The van der Waals surface area contributed by atoms with E-state index in [1.165, 1.54) is 54.3 Å². The number of carbonyl (C=O) groups is 1. The number of Topliss-reactive ketones (excluding diaryl/α,β-unsaturated/α-hetero) is 1. The standard InChI is InChI=1S/C35H34FN3O7S/c1-21(2)13-23-16-35(41)39(32-19-30(36)28(18-33(32)45-4)24-14-25(40)15-24)31-10-9-27(17-29(23)31)47(42,43)38(34-11-12-46-37-34)20-22-5-7-26(44-3)8-6-22/h5-12,16-19,21,24H,13-15,20H2,1-4H3. The van der Waals surface area contributed by atoms with Gasteiger partial charge in [0.15, 0.2) is 5.82 Å². The van der Waals surface area contributed by atoms with Crippen molar-refractivity contribution in [3.05, 3.63) is 106 Å². The minimum atomic E-state index is -4.22. The number of hydrogen-bond acceptors (Lipinski definition) is 8. The number of anilines is 1. The van der Waals surface area contributed by atoms with Crippen LogP contribution < -0.4 is 19.3 Å². The zero-order chi connectivity index (χ0) is 33.5. The second-order valence-corrected chi connectivity index (χ2v) is 13.9. The van der Waals surface area contributed by atoms with Crippen molar-refractivity contribution in [2.24, 2.45) is 5.92 Å². The van der Waals surface area contributed by atoms with Crippen LogP contribution in [0.15, 0.2) is 87.2 Å². The summed E-state index contributed by atoms with van der Waals surface area (Å²) in [6, 6.07) is 17.2. The van der Waals surface area contributed by atoms with E-state index >= 15 is 4.39 Å². The smallest absolute Gasteiger partial charge is 0.265 e. The van der Waals surface area contributed by atoms with Crippen molar-refractivity contribution < 1.29 is 31.6 Å². The fourth-order valence-electron chi connectivity index (χ4n) is 5.96. The number of benzene rings is 3. The number of fused-ring (bicyclic) bond motifs is 1. The third-order valence-corrected chi connectivity index (χ3v) is 10.1. The molecule has 0 spiro atoms. The molecule has 0 unspecified atom stereocenters. The summed E-state index contributed by atoms with van der Waals surface area (Å²) in [5.74, 6) is 0.406. The topological polar surface area (TPSA) is 121 Å². The first kappa shape index (κ1) is 32.0. The molecule has 3 aromatic carbocycles. The Morgan fingerprint density at radius 2 is 1.74 bits per heavy atom. The maximum Gasteiger partial charge on any atom is 0.265 e. The lowest BCUT2D eigenvalue weighted by molar-refractivity contribution is -0.124. The van der Waals surface area contributed by atoms with Gasteiger partial charge in [-0.1, -0.05) is 31.1 Å². The second kappa shape index (κ2) is 12.7. The molecule has 0 atom stereocenters. The summed E-state index contributed by atoms with van der Waals surface area (Å²) < 4.78 is 62.5. The highest BCUT2D eigenvalue weighted by Gasteiger charge is 2.32. The van der Waals surface area contributed by atoms with Gasteiger partial charge in [-0.05, 0) is 65.4 Å². The molecule has 0 amide bonds. The van der Waals surface area contributed by atoms with Gasteiger partial charge in [-0.15, -0.1) is 0 Å². The van der Waals surface area contributed by atoms with E-state index in [9.17, 15) is 18.0 Å². The third kappa shape index (κ3) is 6.12. The van der Waals surface area contributed by atoms with Gasteiger partial charge in [0.25, 0.3) is 15.6 Å². The van der Waals surface area contributed by atoms with Crippen LogP contribution in [-0.2, 0) is 27.8 Å². The van der Waals surface area contributed by atoms with Crippen LogP contribution in [0.4, 0.5) is 10.2 Å². The fourth-order valence-corrected chi connectivity index (χ4v) is 7.38. The molecular formula is C35H34FN3O7S. The quantitative estimate of drug-likeness (QED) is 0.165. The Hall–Kier alpha value is -4.97. The number of rotatable bonds is 11. The van der Waals surface area contributed by atoms with Gasteiger partial charge in [-0.25, -0.2) is 17.1 Å². The normalized spacial score (nSPS) is 13.6. The number of pyridine rings is 1. The van der Waals surface area contributed by atoms with E-state index in [1.54, 1.807) is 37.4 Å². The summed E-state index contributed by atoms with van der Waals surface area (Å²) in [5.41, 5.74) is 1.84. The SMILES string of the molecule is COc1ccc(CN(c2ccon2)S(=O)(=O)c2ccc3c(c2)c(CC(C)C)cc(=O)n3-c2cc(F)c(C3CC(=O)C3)cc2OC)cc1. The molecule has 1 saturated carbocycles. The Balaban J connectivity index is 1.50. The number of nitrogens with zero attached hydrogens (tertiary/aromatic N) is 3. The summed E-state index contributed by atoms with van der Waals surface area (Å²) in [5, 5.41) is 4.43.